The van der Waals surface area contributed by atoms with Gasteiger partial charge in [0.1, 0.15) is 0 Å². The van der Waals surface area contributed by atoms with E-state index in [4.69, 9.17) is 28.9 Å². The second-order valence-corrected chi connectivity index (χ2v) is 5.33. The van der Waals surface area contributed by atoms with Gasteiger partial charge < -0.3 is 10.8 Å². The number of nitrogens with two attached hydrogens (primary N) is 1. The lowest BCUT2D eigenvalue weighted by molar-refractivity contribution is -0.0296. The van der Waals surface area contributed by atoms with E-state index < -0.39 is 6.10 Å². The van der Waals surface area contributed by atoms with Crippen LogP contribution in [-0.4, -0.2) is 11.7 Å². The minimum atomic E-state index is -0.613. The smallest absolute Gasteiger partial charge is 0.0873 e. The average Bonchev–Trinajstić information content (AvgIpc) is 2.21. The highest BCUT2D eigenvalue weighted by atomic mass is 35.5. The molecule has 1 saturated carbocycles. The molecular weight excluding hydrogens is 245 g/mol. The monoisotopic (exact) mass is 259 g/mol. The molecule has 0 saturated heterocycles. The molecule has 1 unspecified atom stereocenters. The lowest BCUT2D eigenvalue weighted by atomic mass is 9.63. The van der Waals surface area contributed by atoms with Gasteiger partial charge in [-0.3, -0.25) is 0 Å². The predicted octanol–water partition coefficient (Wildman–Crippen LogP) is 3.16. The molecule has 1 fully saturated rings. The highest BCUT2D eigenvalue weighted by molar-refractivity contribution is 6.33. The maximum absolute atomic E-state index is 10.4. The first-order valence-electron chi connectivity index (χ1n) is 5.42. The maximum Gasteiger partial charge on any atom is 0.0873 e. The minimum absolute atomic E-state index is 0.200. The molecule has 0 aromatic heterocycles. The van der Waals surface area contributed by atoms with Crippen LogP contribution in [0.5, 0.6) is 0 Å². The highest BCUT2D eigenvalue weighted by Gasteiger charge is 2.43. The van der Waals surface area contributed by atoms with Crippen molar-refractivity contribution in [3.05, 3.63) is 33.8 Å². The van der Waals surface area contributed by atoms with Crippen LogP contribution in [0.15, 0.2) is 18.2 Å². The van der Waals surface area contributed by atoms with Crippen LogP contribution in [0.2, 0.25) is 10.0 Å². The third-order valence-electron chi connectivity index (χ3n) is 3.59. The van der Waals surface area contributed by atoms with Crippen LogP contribution in [-0.2, 0) is 0 Å². The summed E-state index contributed by atoms with van der Waals surface area (Å²) in [7, 11) is 0. The van der Waals surface area contributed by atoms with Crippen LogP contribution in [0.25, 0.3) is 0 Å². The zero-order valence-corrected chi connectivity index (χ0v) is 10.4. The summed E-state index contributed by atoms with van der Waals surface area (Å²) in [6, 6.07) is 5.16. The van der Waals surface area contributed by atoms with E-state index in [1.54, 1.807) is 18.2 Å². The summed E-state index contributed by atoms with van der Waals surface area (Å²) >= 11 is 12.0. The Balaban J connectivity index is 2.32. The van der Waals surface area contributed by atoms with Crippen molar-refractivity contribution in [2.45, 2.75) is 25.4 Å². The molecule has 2 nitrogen and oxygen atoms in total. The molecule has 1 aromatic rings. The Morgan fingerprint density at radius 1 is 1.38 bits per heavy atom. The number of aliphatic hydroxyl groups excluding tert-OH is 1. The molecule has 4 heteroatoms. The number of hydrogen-bond donors (Lipinski definition) is 2. The zero-order valence-electron chi connectivity index (χ0n) is 8.92. The van der Waals surface area contributed by atoms with Crippen molar-refractivity contribution in [2.24, 2.45) is 11.1 Å². The molecule has 3 N–H and O–H groups in total. The Kier molecular flexibility index (Phi) is 3.45. The van der Waals surface area contributed by atoms with Gasteiger partial charge in [-0.2, -0.15) is 0 Å². The van der Waals surface area contributed by atoms with E-state index in [1.807, 2.05) is 0 Å². The van der Waals surface area contributed by atoms with Crippen molar-refractivity contribution in [2.75, 3.05) is 6.54 Å². The predicted molar refractivity (Wildman–Crippen MR) is 66.8 cm³/mol. The first kappa shape index (κ1) is 12.2. The summed E-state index contributed by atoms with van der Waals surface area (Å²) in [5.74, 6) is 0. The van der Waals surface area contributed by atoms with Gasteiger partial charge in [0, 0.05) is 27.6 Å². The molecule has 1 aromatic carbocycles. The number of rotatable bonds is 3. The van der Waals surface area contributed by atoms with Crippen LogP contribution in [0.3, 0.4) is 0 Å². The fourth-order valence-electron chi connectivity index (χ4n) is 2.27. The number of aliphatic hydroxyl groups is 1. The standard InChI is InChI=1S/C12H15Cl2NO/c13-8-2-3-10(14)9(6-8)11(16)12(7-15)4-1-5-12/h2-3,6,11,16H,1,4-5,7,15H2. The summed E-state index contributed by atoms with van der Waals surface area (Å²) in [5, 5.41) is 11.5. The first-order valence-corrected chi connectivity index (χ1v) is 6.18. The molecular formula is C12H15Cl2NO. The Morgan fingerprint density at radius 3 is 2.56 bits per heavy atom. The topological polar surface area (TPSA) is 46.2 Å². The summed E-state index contributed by atoms with van der Waals surface area (Å²) in [5.41, 5.74) is 6.25. The second-order valence-electron chi connectivity index (χ2n) is 4.49. The van der Waals surface area contributed by atoms with Crippen molar-refractivity contribution in [1.29, 1.82) is 0 Å². The molecule has 1 aliphatic rings. The van der Waals surface area contributed by atoms with Crippen LogP contribution < -0.4 is 5.73 Å². The van der Waals surface area contributed by atoms with Crippen LogP contribution in [0.4, 0.5) is 0 Å². The lowest BCUT2D eigenvalue weighted by Gasteiger charge is -2.45. The summed E-state index contributed by atoms with van der Waals surface area (Å²) in [4.78, 5) is 0. The Hall–Kier alpha value is -0.280. The molecule has 0 amide bonds. The van der Waals surface area contributed by atoms with Gasteiger partial charge in [0.25, 0.3) is 0 Å². The van der Waals surface area contributed by atoms with Gasteiger partial charge in [-0.15, -0.1) is 0 Å². The van der Waals surface area contributed by atoms with E-state index in [1.165, 1.54) is 0 Å². The van der Waals surface area contributed by atoms with E-state index in [2.05, 4.69) is 0 Å². The molecule has 0 spiro atoms. The van der Waals surface area contributed by atoms with Crippen LogP contribution in [0, 0.1) is 5.41 Å². The SMILES string of the molecule is NCC1(C(O)c2cc(Cl)ccc2Cl)CCC1. The molecule has 1 atom stereocenters. The highest BCUT2D eigenvalue weighted by Crippen LogP contribution is 2.50. The van der Waals surface area contributed by atoms with Gasteiger partial charge in [0.05, 0.1) is 6.10 Å². The Labute approximate surface area is 105 Å². The minimum Gasteiger partial charge on any atom is -0.388 e. The van der Waals surface area contributed by atoms with Crippen molar-refractivity contribution in [1.82, 2.24) is 0 Å². The number of benzene rings is 1. The largest absolute Gasteiger partial charge is 0.388 e. The summed E-state index contributed by atoms with van der Waals surface area (Å²) in [6.07, 6.45) is 2.41. The summed E-state index contributed by atoms with van der Waals surface area (Å²) < 4.78 is 0. The van der Waals surface area contributed by atoms with E-state index in [0.717, 1.165) is 19.3 Å². The Morgan fingerprint density at radius 2 is 2.06 bits per heavy atom. The summed E-state index contributed by atoms with van der Waals surface area (Å²) in [6.45, 7) is 0.483. The van der Waals surface area contributed by atoms with E-state index in [9.17, 15) is 5.11 Å². The lowest BCUT2D eigenvalue weighted by Crippen LogP contribution is -2.42. The van der Waals surface area contributed by atoms with E-state index >= 15 is 0 Å². The second kappa shape index (κ2) is 4.53. The molecule has 88 valence electrons. The van der Waals surface area contributed by atoms with Gasteiger partial charge in [-0.25, -0.2) is 0 Å². The van der Waals surface area contributed by atoms with Crippen molar-refractivity contribution in [3.8, 4) is 0 Å². The average molecular weight is 260 g/mol. The maximum atomic E-state index is 10.4. The number of halogens is 2. The molecule has 1 aliphatic carbocycles. The quantitative estimate of drug-likeness (QED) is 0.876. The van der Waals surface area contributed by atoms with Gasteiger partial charge in [0.15, 0.2) is 0 Å². The zero-order chi connectivity index (χ0) is 11.8. The fourth-order valence-corrected chi connectivity index (χ4v) is 2.68. The normalized spacial score (nSPS) is 20.2. The van der Waals surface area contributed by atoms with Gasteiger partial charge in [-0.1, -0.05) is 29.6 Å². The molecule has 0 aliphatic heterocycles. The van der Waals surface area contributed by atoms with Gasteiger partial charge in [-0.05, 0) is 31.0 Å². The van der Waals surface area contributed by atoms with Crippen LogP contribution >= 0.6 is 23.2 Å². The van der Waals surface area contributed by atoms with E-state index in [-0.39, 0.29) is 5.41 Å². The molecule has 2 rings (SSSR count). The van der Waals surface area contributed by atoms with Gasteiger partial charge in [0.2, 0.25) is 0 Å². The third-order valence-corrected chi connectivity index (χ3v) is 4.17. The molecule has 0 heterocycles. The third kappa shape index (κ3) is 1.95. The molecule has 0 bridgehead atoms. The first-order chi connectivity index (χ1) is 7.59. The molecule has 16 heavy (non-hydrogen) atoms. The fraction of sp³-hybridized carbons (Fsp3) is 0.500. The van der Waals surface area contributed by atoms with E-state index in [0.29, 0.717) is 22.2 Å². The number of hydrogen-bond acceptors (Lipinski definition) is 2. The van der Waals surface area contributed by atoms with Crippen molar-refractivity contribution < 1.29 is 5.11 Å². The van der Waals surface area contributed by atoms with Crippen molar-refractivity contribution in [3.63, 3.8) is 0 Å². The van der Waals surface area contributed by atoms with Crippen LogP contribution in [0.1, 0.15) is 30.9 Å². The Bertz CT molecular complexity index is 385. The molecule has 0 radical (unpaired) electrons. The van der Waals surface area contributed by atoms with Crippen molar-refractivity contribution >= 4 is 23.2 Å². The van der Waals surface area contributed by atoms with Gasteiger partial charge >= 0.3 is 0 Å².